The molecule has 2 nitrogen and oxygen atoms in total. The molecular formula is C12H20N2. The Bertz CT molecular complexity index is 257. The van der Waals surface area contributed by atoms with E-state index in [1.54, 1.807) is 0 Å². The molecule has 0 atom stereocenters. The number of hydrogen-bond donors (Lipinski definition) is 2. The summed E-state index contributed by atoms with van der Waals surface area (Å²) in [5.41, 5.74) is 1.54. The lowest BCUT2D eigenvalue weighted by Crippen LogP contribution is -2.02. The first-order valence-corrected chi connectivity index (χ1v) is 4.65. The predicted octanol–water partition coefficient (Wildman–Crippen LogP) is 2.56. The van der Waals surface area contributed by atoms with Crippen molar-refractivity contribution in [1.82, 2.24) is 0 Å². The zero-order valence-electron chi connectivity index (χ0n) is 9.20. The second-order valence-electron chi connectivity index (χ2n) is 4.11. The van der Waals surface area contributed by atoms with Gasteiger partial charge in [-0.05, 0) is 11.0 Å². The van der Waals surface area contributed by atoms with Crippen molar-refractivity contribution >= 4 is 6.08 Å². The van der Waals surface area contributed by atoms with E-state index in [4.69, 9.17) is 0 Å². The first-order valence-electron chi connectivity index (χ1n) is 4.65. The number of benzene rings is 1. The number of hydrazine groups is 1. The van der Waals surface area contributed by atoms with Gasteiger partial charge < -0.3 is 0 Å². The lowest BCUT2D eigenvalue weighted by Gasteiger charge is -2.10. The first kappa shape index (κ1) is 12.9. The largest absolute Gasteiger partial charge is 0.274 e. The van der Waals surface area contributed by atoms with Gasteiger partial charge in [-0.25, -0.2) is 0 Å². The van der Waals surface area contributed by atoms with Crippen LogP contribution < -0.4 is 11.7 Å². The molecule has 1 rings (SSSR count). The van der Waals surface area contributed by atoms with Crippen molar-refractivity contribution in [1.29, 1.82) is 0 Å². The maximum atomic E-state index is 4.00. The molecule has 0 aliphatic rings. The van der Waals surface area contributed by atoms with Crippen LogP contribution in [0.1, 0.15) is 26.3 Å². The summed E-state index contributed by atoms with van der Waals surface area (Å²) in [6.45, 7) is 6.60. The zero-order valence-corrected chi connectivity index (χ0v) is 9.20. The first-order chi connectivity index (χ1) is 6.58. The SMILES string of the molecule is CC(C)(C)C=Cc1ccccc1.NN. The van der Waals surface area contributed by atoms with Gasteiger partial charge in [-0.1, -0.05) is 63.3 Å². The average Bonchev–Trinajstić information content (AvgIpc) is 2.19. The third kappa shape index (κ3) is 6.40. The van der Waals surface area contributed by atoms with E-state index in [-0.39, 0.29) is 5.41 Å². The standard InChI is InChI=1S/C12H16.H4N2/c1-12(2,3)10-9-11-7-5-4-6-8-11;1-2/h4-10H,1-3H3;1-2H2. The summed E-state index contributed by atoms with van der Waals surface area (Å²) in [5, 5.41) is 0. The van der Waals surface area contributed by atoms with Gasteiger partial charge in [0, 0.05) is 0 Å². The Labute approximate surface area is 86.6 Å². The summed E-state index contributed by atoms with van der Waals surface area (Å²) in [4.78, 5) is 0. The summed E-state index contributed by atoms with van der Waals surface area (Å²) < 4.78 is 0. The van der Waals surface area contributed by atoms with Crippen molar-refractivity contribution in [3.8, 4) is 0 Å². The van der Waals surface area contributed by atoms with Crippen LogP contribution in [0, 0.1) is 5.41 Å². The molecule has 0 bridgehead atoms. The second-order valence-corrected chi connectivity index (χ2v) is 4.11. The molecule has 0 aliphatic carbocycles. The lowest BCUT2D eigenvalue weighted by atomic mass is 9.95. The van der Waals surface area contributed by atoms with E-state index >= 15 is 0 Å². The molecule has 1 aromatic carbocycles. The molecule has 78 valence electrons. The van der Waals surface area contributed by atoms with Crippen LogP contribution in [0.3, 0.4) is 0 Å². The molecular weight excluding hydrogens is 172 g/mol. The van der Waals surface area contributed by atoms with Crippen LogP contribution >= 0.6 is 0 Å². The van der Waals surface area contributed by atoms with Gasteiger partial charge in [0.2, 0.25) is 0 Å². The predicted molar refractivity (Wildman–Crippen MR) is 63.3 cm³/mol. The van der Waals surface area contributed by atoms with Crippen LogP contribution in [0.2, 0.25) is 0 Å². The number of allylic oxidation sites excluding steroid dienone is 1. The third-order valence-electron chi connectivity index (χ3n) is 1.58. The van der Waals surface area contributed by atoms with E-state index in [1.807, 2.05) is 6.07 Å². The maximum Gasteiger partial charge on any atom is -0.0200 e. The molecule has 0 amide bonds. The van der Waals surface area contributed by atoms with Gasteiger partial charge in [-0.2, -0.15) is 0 Å². The maximum absolute atomic E-state index is 4.00. The highest BCUT2D eigenvalue weighted by Crippen LogP contribution is 2.16. The highest BCUT2D eigenvalue weighted by molar-refractivity contribution is 5.49. The van der Waals surface area contributed by atoms with Gasteiger partial charge in [0.05, 0.1) is 0 Å². The van der Waals surface area contributed by atoms with E-state index in [1.165, 1.54) is 5.56 Å². The molecule has 0 saturated heterocycles. The molecule has 0 aromatic heterocycles. The smallest absolute Gasteiger partial charge is 0.0200 e. The van der Waals surface area contributed by atoms with Crippen LogP contribution in [0.25, 0.3) is 6.08 Å². The Balaban J connectivity index is 0.000000791. The Kier molecular flexibility index (Phi) is 5.84. The Morgan fingerprint density at radius 1 is 1.00 bits per heavy atom. The molecule has 2 heteroatoms. The van der Waals surface area contributed by atoms with Crippen LogP contribution in [-0.2, 0) is 0 Å². The van der Waals surface area contributed by atoms with Gasteiger partial charge >= 0.3 is 0 Å². The highest BCUT2D eigenvalue weighted by Gasteiger charge is 2.02. The topological polar surface area (TPSA) is 52.0 Å². The van der Waals surface area contributed by atoms with Crippen molar-refractivity contribution in [2.24, 2.45) is 17.1 Å². The molecule has 4 N–H and O–H groups in total. The monoisotopic (exact) mass is 192 g/mol. The summed E-state index contributed by atoms with van der Waals surface area (Å²) >= 11 is 0. The minimum Gasteiger partial charge on any atom is -0.274 e. The third-order valence-corrected chi connectivity index (χ3v) is 1.58. The summed E-state index contributed by atoms with van der Waals surface area (Å²) in [6, 6.07) is 10.4. The average molecular weight is 192 g/mol. The number of rotatable bonds is 1. The van der Waals surface area contributed by atoms with Crippen molar-refractivity contribution in [2.75, 3.05) is 0 Å². The van der Waals surface area contributed by atoms with Crippen molar-refractivity contribution in [3.63, 3.8) is 0 Å². The molecule has 0 radical (unpaired) electrons. The summed E-state index contributed by atoms with van der Waals surface area (Å²) in [5.74, 6) is 8.00. The lowest BCUT2D eigenvalue weighted by molar-refractivity contribution is 0.547. The Morgan fingerprint density at radius 2 is 1.50 bits per heavy atom. The quantitative estimate of drug-likeness (QED) is 0.530. The molecule has 0 heterocycles. The minimum absolute atomic E-state index is 0.274. The van der Waals surface area contributed by atoms with Gasteiger partial charge in [-0.3, -0.25) is 11.7 Å². The van der Waals surface area contributed by atoms with E-state index in [9.17, 15) is 0 Å². The molecule has 0 aliphatic heterocycles. The highest BCUT2D eigenvalue weighted by atomic mass is 15.0. The van der Waals surface area contributed by atoms with Crippen molar-refractivity contribution in [3.05, 3.63) is 42.0 Å². The van der Waals surface area contributed by atoms with Crippen LogP contribution in [0.15, 0.2) is 36.4 Å². The second kappa shape index (κ2) is 6.35. The van der Waals surface area contributed by atoms with E-state index < -0.39 is 0 Å². The molecule has 1 aromatic rings. The molecule has 14 heavy (non-hydrogen) atoms. The van der Waals surface area contributed by atoms with Crippen LogP contribution in [-0.4, -0.2) is 0 Å². The summed E-state index contributed by atoms with van der Waals surface area (Å²) in [6.07, 6.45) is 4.39. The molecule has 0 spiro atoms. The van der Waals surface area contributed by atoms with E-state index in [0.717, 1.165) is 0 Å². The van der Waals surface area contributed by atoms with E-state index in [2.05, 4.69) is 68.9 Å². The van der Waals surface area contributed by atoms with Crippen LogP contribution in [0.4, 0.5) is 0 Å². The number of nitrogens with two attached hydrogens (primary N) is 2. The fourth-order valence-electron chi connectivity index (χ4n) is 0.910. The van der Waals surface area contributed by atoms with Crippen molar-refractivity contribution < 1.29 is 0 Å². The van der Waals surface area contributed by atoms with Gasteiger partial charge in [0.15, 0.2) is 0 Å². The van der Waals surface area contributed by atoms with Gasteiger partial charge in [-0.15, -0.1) is 0 Å². The summed E-state index contributed by atoms with van der Waals surface area (Å²) in [7, 11) is 0. The van der Waals surface area contributed by atoms with Gasteiger partial charge in [0.1, 0.15) is 0 Å². The van der Waals surface area contributed by atoms with E-state index in [0.29, 0.717) is 0 Å². The molecule has 0 saturated carbocycles. The Morgan fingerprint density at radius 3 is 1.93 bits per heavy atom. The van der Waals surface area contributed by atoms with Gasteiger partial charge in [0.25, 0.3) is 0 Å². The molecule has 0 unspecified atom stereocenters. The van der Waals surface area contributed by atoms with Crippen molar-refractivity contribution in [2.45, 2.75) is 20.8 Å². The minimum atomic E-state index is 0.274. The Hall–Kier alpha value is -1.12. The molecule has 0 fully saturated rings. The zero-order chi connectivity index (χ0) is 11.0. The number of hydrogen-bond acceptors (Lipinski definition) is 2. The van der Waals surface area contributed by atoms with Crippen LogP contribution in [0.5, 0.6) is 0 Å². The fourth-order valence-corrected chi connectivity index (χ4v) is 0.910. The normalized spacial score (nSPS) is 10.9. The fraction of sp³-hybridized carbons (Fsp3) is 0.333.